The number of hydrogen-bond donors (Lipinski definition) is 1. The Bertz CT molecular complexity index is 404. The van der Waals surface area contributed by atoms with Gasteiger partial charge in [-0.25, -0.2) is 4.79 Å². The summed E-state index contributed by atoms with van der Waals surface area (Å²) in [4.78, 5) is 11.2. The average molecular weight is 216 g/mol. The van der Waals surface area contributed by atoms with Crippen LogP contribution in [-0.4, -0.2) is 11.1 Å². The zero-order chi connectivity index (χ0) is 11.4. The minimum atomic E-state index is -0.749. The summed E-state index contributed by atoms with van der Waals surface area (Å²) in [5, 5.41) is 9.24. The molecule has 0 heterocycles. The van der Waals surface area contributed by atoms with Crippen LogP contribution in [0.3, 0.4) is 0 Å². The van der Waals surface area contributed by atoms with Crippen molar-refractivity contribution in [2.24, 2.45) is 0 Å². The molecule has 1 aromatic carbocycles. The molecule has 0 aromatic heterocycles. The zero-order valence-corrected chi connectivity index (χ0v) is 9.28. The van der Waals surface area contributed by atoms with Gasteiger partial charge in [0.2, 0.25) is 0 Å². The van der Waals surface area contributed by atoms with Gasteiger partial charge >= 0.3 is 5.97 Å². The number of hydrogen-bond acceptors (Lipinski definition) is 1. The van der Waals surface area contributed by atoms with Gasteiger partial charge in [-0.1, -0.05) is 36.8 Å². The third-order valence-corrected chi connectivity index (χ3v) is 3.10. The van der Waals surface area contributed by atoms with Crippen molar-refractivity contribution in [1.29, 1.82) is 0 Å². The quantitative estimate of drug-likeness (QED) is 0.821. The minimum absolute atomic E-state index is 0.615. The normalized spacial score (nSPS) is 17.0. The molecule has 0 radical (unpaired) electrons. The van der Waals surface area contributed by atoms with Gasteiger partial charge < -0.3 is 5.11 Å². The number of aliphatic carboxylic acids is 1. The second-order valence-electron chi connectivity index (χ2n) is 4.19. The van der Waals surface area contributed by atoms with Gasteiger partial charge in [-0.2, -0.15) is 0 Å². The summed E-state index contributed by atoms with van der Waals surface area (Å²) in [6.45, 7) is 0. The predicted molar refractivity (Wildman–Crippen MR) is 64.1 cm³/mol. The van der Waals surface area contributed by atoms with E-state index in [-0.39, 0.29) is 0 Å². The highest BCUT2D eigenvalue weighted by atomic mass is 16.4. The first-order valence-corrected chi connectivity index (χ1v) is 5.80. The van der Waals surface area contributed by atoms with Crippen LogP contribution in [0.2, 0.25) is 0 Å². The van der Waals surface area contributed by atoms with Crippen LogP contribution in [0.4, 0.5) is 0 Å². The minimum Gasteiger partial charge on any atom is -0.478 e. The smallest absolute Gasteiger partial charge is 0.331 e. The van der Waals surface area contributed by atoms with E-state index in [9.17, 15) is 9.90 Å². The fourth-order valence-electron chi connectivity index (χ4n) is 2.28. The Hall–Kier alpha value is -1.57. The molecule has 1 aliphatic carbocycles. The summed E-state index contributed by atoms with van der Waals surface area (Å²) >= 11 is 0. The molecule has 0 saturated carbocycles. The van der Waals surface area contributed by atoms with Gasteiger partial charge in [-0.15, -0.1) is 0 Å². The van der Waals surface area contributed by atoms with Crippen molar-refractivity contribution in [2.45, 2.75) is 32.1 Å². The van der Waals surface area contributed by atoms with Crippen molar-refractivity contribution in [3.05, 3.63) is 41.5 Å². The van der Waals surface area contributed by atoms with Gasteiger partial charge in [0.15, 0.2) is 0 Å². The summed E-state index contributed by atoms with van der Waals surface area (Å²) in [5.41, 5.74) is 2.72. The lowest BCUT2D eigenvalue weighted by Gasteiger charge is -2.09. The number of carboxylic acid groups (broad SMARTS) is 1. The van der Waals surface area contributed by atoms with E-state index in [1.807, 2.05) is 30.3 Å². The van der Waals surface area contributed by atoms with E-state index in [2.05, 4.69) is 0 Å². The lowest BCUT2D eigenvalue weighted by Crippen LogP contribution is -2.03. The van der Waals surface area contributed by atoms with Crippen LogP contribution in [0.15, 0.2) is 35.9 Å². The van der Waals surface area contributed by atoms with E-state index in [0.717, 1.165) is 36.8 Å². The van der Waals surface area contributed by atoms with Gasteiger partial charge in [-0.05, 0) is 36.8 Å². The molecule has 2 heteroatoms. The third-order valence-electron chi connectivity index (χ3n) is 3.10. The summed E-state index contributed by atoms with van der Waals surface area (Å²) in [5.74, 6) is -0.749. The van der Waals surface area contributed by atoms with Gasteiger partial charge in [0, 0.05) is 5.57 Å². The predicted octanol–water partition coefficient (Wildman–Crippen LogP) is 3.49. The van der Waals surface area contributed by atoms with Crippen molar-refractivity contribution in [3.8, 4) is 0 Å². The fraction of sp³-hybridized carbons (Fsp3) is 0.357. The highest BCUT2D eigenvalue weighted by molar-refractivity contribution is 5.96. The molecule has 0 bridgehead atoms. The van der Waals surface area contributed by atoms with Crippen molar-refractivity contribution >= 4 is 11.5 Å². The second-order valence-corrected chi connectivity index (χ2v) is 4.19. The molecule has 0 atom stereocenters. The SMILES string of the molecule is O=C(O)C1=C(c2ccccc2)CCCCC1. The van der Waals surface area contributed by atoms with E-state index >= 15 is 0 Å². The van der Waals surface area contributed by atoms with Gasteiger partial charge in [0.1, 0.15) is 0 Å². The molecule has 16 heavy (non-hydrogen) atoms. The van der Waals surface area contributed by atoms with Crippen LogP contribution < -0.4 is 0 Å². The maximum absolute atomic E-state index is 11.2. The topological polar surface area (TPSA) is 37.3 Å². The van der Waals surface area contributed by atoms with Crippen LogP contribution in [0.25, 0.3) is 5.57 Å². The van der Waals surface area contributed by atoms with Crippen LogP contribution in [0.1, 0.15) is 37.7 Å². The lowest BCUT2D eigenvalue weighted by molar-refractivity contribution is -0.132. The van der Waals surface area contributed by atoms with E-state index in [1.165, 1.54) is 0 Å². The Morgan fingerprint density at radius 3 is 2.38 bits per heavy atom. The Labute approximate surface area is 95.6 Å². The highest BCUT2D eigenvalue weighted by Crippen LogP contribution is 2.31. The van der Waals surface area contributed by atoms with Crippen LogP contribution in [0, 0.1) is 0 Å². The maximum Gasteiger partial charge on any atom is 0.331 e. The lowest BCUT2D eigenvalue weighted by atomic mass is 9.96. The Morgan fingerprint density at radius 1 is 1.00 bits per heavy atom. The first kappa shape index (κ1) is 10.9. The molecule has 0 unspecified atom stereocenters. The maximum atomic E-state index is 11.2. The molecule has 1 aromatic rings. The number of carboxylic acids is 1. The summed E-state index contributed by atoms with van der Waals surface area (Å²) in [6, 6.07) is 9.90. The monoisotopic (exact) mass is 216 g/mol. The third kappa shape index (κ3) is 2.32. The molecule has 1 N–H and O–H groups in total. The zero-order valence-electron chi connectivity index (χ0n) is 9.28. The van der Waals surface area contributed by atoms with Gasteiger partial charge in [0.05, 0.1) is 0 Å². The van der Waals surface area contributed by atoms with Crippen LogP contribution in [-0.2, 0) is 4.79 Å². The van der Waals surface area contributed by atoms with Gasteiger partial charge in [0.25, 0.3) is 0 Å². The van der Waals surface area contributed by atoms with Crippen molar-refractivity contribution in [3.63, 3.8) is 0 Å². The fourth-order valence-corrected chi connectivity index (χ4v) is 2.28. The standard InChI is InChI=1S/C14H16O2/c15-14(16)13-10-6-2-5-9-12(13)11-7-3-1-4-8-11/h1,3-4,7-8H,2,5-6,9-10H2,(H,15,16). The molecule has 84 valence electrons. The molecule has 0 spiro atoms. The van der Waals surface area contributed by atoms with E-state index in [1.54, 1.807) is 0 Å². The van der Waals surface area contributed by atoms with E-state index in [0.29, 0.717) is 12.0 Å². The van der Waals surface area contributed by atoms with Gasteiger partial charge in [-0.3, -0.25) is 0 Å². The number of carbonyl (C=O) groups is 1. The van der Waals surface area contributed by atoms with Crippen molar-refractivity contribution in [1.82, 2.24) is 0 Å². The second kappa shape index (κ2) is 4.97. The molecular weight excluding hydrogens is 200 g/mol. The molecular formula is C14H16O2. The Balaban J connectivity index is 2.43. The average Bonchev–Trinajstić information content (AvgIpc) is 2.55. The van der Waals surface area contributed by atoms with Crippen molar-refractivity contribution in [2.75, 3.05) is 0 Å². The molecule has 0 saturated heterocycles. The molecule has 2 nitrogen and oxygen atoms in total. The molecule has 0 fully saturated rings. The Kier molecular flexibility index (Phi) is 3.40. The number of benzene rings is 1. The largest absolute Gasteiger partial charge is 0.478 e. The first-order chi connectivity index (χ1) is 7.79. The Morgan fingerprint density at radius 2 is 1.69 bits per heavy atom. The highest BCUT2D eigenvalue weighted by Gasteiger charge is 2.17. The summed E-state index contributed by atoms with van der Waals surface area (Å²) in [6.07, 6.45) is 4.83. The first-order valence-electron chi connectivity index (χ1n) is 5.80. The van der Waals surface area contributed by atoms with Crippen LogP contribution >= 0.6 is 0 Å². The van der Waals surface area contributed by atoms with Crippen LogP contribution in [0.5, 0.6) is 0 Å². The number of rotatable bonds is 2. The van der Waals surface area contributed by atoms with E-state index in [4.69, 9.17) is 0 Å². The summed E-state index contributed by atoms with van der Waals surface area (Å²) in [7, 11) is 0. The van der Waals surface area contributed by atoms with E-state index < -0.39 is 5.97 Å². The van der Waals surface area contributed by atoms with Crippen molar-refractivity contribution < 1.29 is 9.90 Å². The number of allylic oxidation sites excluding steroid dienone is 1. The summed E-state index contributed by atoms with van der Waals surface area (Å²) < 4.78 is 0. The molecule has 0 amide bonds. The molecule has 1 aliphatic rings. The molecule has 2 rings (SSSR count). The molecule has 0 aliphatic heterocycles.